The van der Waals surface area contributed by atoms with Gasteiger partial charge in [-0.3, -0.25) is 14.2 Å². The number of sulfonamides is 1. The molecule has 1 aromatic heterocycles. The van der Waals surface area contributed by atoms with Gasteiger partial charge in [0.2, 0.25) is 10.0 Å². The van der Waals surface area contributed by atoms with Gasteiger partial charge in [-0.1, -0.05) is 32.9 Å². The Kier molecular flexibility index (Phi) is 6.46. The number of carbonyl (C=O) groups excluding carboxylic acids is 1. The Morgan fingerprint density at radius 1 is 0.971 bits per heavy atom. The molecule has 1 fully saturated rings. The zero-order valence-corrected chi connectivity index (χ0v) is 21.2. The predicted octanol–water partition coefficient (Wildman–Crippen LogP) is 2.15. The van der Waals surface area contributed by atoms with E-state index in [9.17, 15) is 22.8 Å². The van der Waals surface area contributed by atoms with Gasteiger partial charge in [0.05, 0.1) is 15.8 Å². The molecule has 0 spiro atoms. The van der Waals surface area contributed by atoms with E-state index in [1.807, 2.05) is 12.1 Å². The first-order chi connectivity index (χ1) is 16.4. The van der Waals surface area contributed by atoms with Crippen LogP contribution >= 0.6 is 0 Å². The van der Waals surface area contributed by atoms with E-state index in [2.05, 4.69) is 25.8 Å². The molecule has 1 aliphatic heterocycles. The fourth-order valence-electron chi connectivity index (χ4n) is 4.26. The van der Waals surface area contributed by atoms with Crippen LogP contribution in [0.2, 0.25) is 0 Å². The van der Waals surface area contributed by atoms with E-state index in [1.54, 1.807) is 30.0 Å². The summed E-state index contributed by atoms with van der Waals surface area (Å²) in [6.45, 7) is 9.01. The SMILES string of the molecule is CCn1c(=O)[nH]c2cc(C(=O)N3CCN(S(=O)(=O)c4ccc(C(C)(C)C)cc4)CC3)ccc2c1=O. The van der Waals surface area contributed by atoms with Gasteiger partial charge in [-0.05, 0) is 48.2 Å². The lowest BCUT2D eigenvalue weighted by atomic mass is 9.87. The Morgan fingerprint density at radius 3 is 2.17 bits per heavy atom. The molecular weight excluding hydrogens is 468 g/mol. The molecule has 3 aromatic rings. The van der Waals surface area contributed by atoms with Gasteiger partial charge >= 0.3 is 5.69 Å². The smallest absolute Gasteiger partial charge is 0.328 e. The van der Waals surface area contributed by atoms with Crippen molar-refractivity contribution in [2.75, 3.05) is 26.2 Å². The highest BCUT2D eigenvalue weighted by Gasteiger charge is 2.31. The van der Waals surface area contributed by atoms with Crippen molar-refractivity contribution in [2.24, 2.45) is 0 Å². The molecule has 9 nitrogen and oxygen atoms in total. The van der Waals surface area contributed by atoms with Crippen molar-refractivity contribution < 1.29 is 13.2 Å². The number of aromatic amines is 1. The minimum Gasteiger partial charge on any atom is -0.336 e. The molecule has 35 heavy (non-hydrogen) atoms. The van der Waals surface area contributed by atoms with Crippen LogP contribution in [0.25, 0.3) is 10.9 Å². The number of hydrogen-bond acceptors (Lipinski definition) is 5. The summed E-state index contributed by atoms with van der Waals surface area (Å²) < 4.78 is 28.7. The van der Waals surface area contributed by atoms with Gasteiger partial charge in [0.1, 0.15) is 0 Å². The molecule has 1 amide bonds. The first-order valence-electron chi connectivity index (χ1n) is 11.6. The minimum atomic E-state index is -3.66. The Bertz CT molecular complexity index is 1490. The molecule has 0 aliphatic carbocycles. The lowest BCUT2D eigenvalue weighted by molar-refractivity contribution is 0.0698. The maximum Gasteiger partial charge on any atom is 0.328 e. The van der Waals surface area contributed by atoms with Crippen molar-refractivity contribution in [2.45, 2.75) is 44.6 Å². The van der Waals surface area contributed by atoms with Crippen molar-refractivity contribution in [3.63, 3.8) is 0 Å². The average Bonchev–Trinajstić information content (AvgIpc) is 2.83. The molecule has 2 aromatic carbocycles. The number of fused-ring (bicyclic) bond motifs is 1. The highest BCUT2D eigenvalue weighted by molar-refractivity contribution is 7.89. The van der Waals surface area contributed by atoms with E-state index in [-0.39, 0.29) is 48.9 Å². The number of H-pyrrole nitrogens is 1. The number of amides is 1. The molecule has 2 heterocycles. The van der Waals surface area contributed by atoms with Gasteiger partial charge < -0.3 is 9.88 Å². The first-order valence-corrected chi connectivity index (χ1v) is 13.0. The molecule has 10 heteroatoms. The Hall–Kier alpha value is -3.24. The van der Waals surface area contributed by atoms with Crippen molar-refractivity contribution in [1.82, 2.24) is 18.8 Å². The molecule has 1 saturated heterocycles. The van der Waals surface area contributed by atoms with Crippen LogP contribution in [0, 0.1) is 0 Å². The number of hydrogen-bond donors (Lipinski definition) is 1. The average molecular weight is 499 g/mol. The molecule has 0 bridgehead atoms. The van der Waals surface area contributed by atoms with Crippen LogP contribution in [-0.4, -0.2) is 59.3 Å². The second-order valence-corrected chi connectivity index (χ2v) is 11.6. The van der Waals surface area contributed by atoms with Gasteiger partial charge in [0.25, 0.3) is 11.5 Å². The van der Waals surface area contributed by atoms with Crippen LogP contribution in [0.1, 0.15) is 43.6 Å². The Labute approximate surface area is 204 Å². The molecule has 0 atom stereocenters. The highest BCUT2D eigenvalue weighted by Crippen LogP contribution is 2.25. The van der Waals surface area contributed by atoms with Crippen molar-refractivity contribution in [3.8, 4) is 0 Å². The molecular formula is C25H30N4O5S. The van der Waals surface area contributed by atoms with Gasteiger partial charge in [0, 0.05) is 38.3 Å². The monoisotopic (exact) mass is 498 g/mol. The van der Waals surface area contributed by atoms with Crippen LogP contribution in [0.4, 0.5) is 0 Å². The van der Waals surface area contributed by atoms with Crippen LogP contribution in [-0.2, 0) is 22.0 Å². The summed E-state index contributed by atoms with van der Waals surface area (Å²) >= 11 is 0. The third-order valence-corrected chi connectivity index (χ3v) is 8.34. The maximum absolute atomic E-state index is 13.1. The van der Waals surface area contributed by atoms with E-state index in [0.717, 1.165) is 10.1 Å². The molecule has 0 unspecified atom stereocenters. The van der Waals surface area contributed by atoms with E-state index < -0.39 is 21.3 Å². The van der Waals surface area contributed by atoms with Crippen molar-refractivity contribution in [1.29, 1.82) is 0 Å². The second-order valence-electron chi connectivity index (χ2n) is 9.71. The van der Waals surface area contributed by atoms with E-state index in [1.165, 1.54) is 16.4 Å². The molecule has 1 aliphatic rings. The summed E-state index contributed by atoms with van der Waals surface area (Å²) in [5.41, 5.74) is 0.684. The van der Waals surface area contributed by atoms with Crippen LogP contribution < -0.4 is 11.2 Å². The predicted molar refractivity (Wildman–Crippen MR) is 134 cm³/mol. The van der Waals surface area contributed by atoms with Gasteiger partial charge in [0.15, 0.2) is 0 Å². The molecule has 186 valence electrons. The van der Waals surface area contributed by atoms with E-state index in [4.69, 9.17) is 0 Å². The normalized spacial score (nSPS) is 15.5. The summed E-state index contributed by atoms with van der Waals surface area (Å²) in [7, 11) is -3.66. The lowest BCUT2D eigenvalue weighted by Gasteiger charge is -2.34. The Balaban J connectivity index is 1.49. The number of rotatable bonds is 4. The standard InChI is InChI=1S/C25H30N4O5S/c1-5-29-23(31)20-11-6-17(16-21(20)26-24(29)32)22(30)27-12-14-28(15-13-27)35(33,34)19-9-7-18(8-10-19)25(2,3)4/h6-11,16H,5,12-15H2,1-4H3,(H,26,32). The number of nitrogens with one attached hydrogen (secondary N) is 1. The number of benzene rings is 2. The van der Waals surface area contributed by atoms with Crippen molar-refractivity contribution in [3.05, 3.63) is 74.4 Å². The molecule has 0 saturated carbocycles. The number of nitrogens with zero attached hydrogens (tertiary/aromatic N) is 3. The largest absolute Gasteiger partial charge is 0.336 e. The summed E-state index contributed by atoms with van der Waals surface area (Å²) in [4.78, 5) is 42.1. The summed E-state index contributed by atoms with van der Waals surface area (Å²) in [6.07, 6.45) is 0. The van der Waals surface area contributed by atoms with Crippen LogP contribution in [0.5, 0.6) is 0 Å². The highest BCUT2D eigenvalue weighted by atomic mass is 32.2. The number of piperazine rings is 1. The fraction of sp³-hybridized carbons (Fsp3) is 0.400. The summed E-state index contributed by atoms with van der Waals surface area (Å²) in [5.74, 6) is -0.279. The van der Waals surface area contributed by atoms with Crippen LogP contribution in [0.3, 0.4) is 0 Å². The van der Waals surface area contributed by atoms with Gasteiger partial charge in [-0.15, -0.1) is 0 Å². The van der Waals surface area contributed by atoms with E-state index >= 15 is 0 Å². The zero-order chi connectivity index (χ0) is 25.5. The van der Waals surface area contributed by atoms with Crippen LogP contribution in [0.15, 0.2) is 56.9 Å². The lowest BCUT2D eigenvalue weighted by Crippen LogP contribution is -2.50. The Morgan fingerprint density at radius 2 is 1.60 bits per heavy atom. The summed E-state index contributed by atoms with van der Waals surface area (Å²) in [5, 5.41) is 0.330. The quantitative estimate of drug-likeness (QED) is 0.592. The fourth-order valence-corrected chi connectivity index (χ4v) is 5.69. The third kappa shape index (κ3) is 4.68. The third-order valence-electron chi connectivity index (χ3n) is 6.43. The molecule has 1 N–H and O–H groups in total. The zero-order valence-electron chi connectivity index (χ0n) is 20.4. The first kappa shape index (κ1) is 24.9. The number of aromatic nitrogens is 2. The molecule has 0 radical (unpaired) electrons. The topological polar surface area (TPSA) is 113 Å². The van der Waals surface area contributed by atoms with Crippen molar-refractivity contribution >= 4 is 26.8 Å². The molecule has 4 rings (SSSR count). The summed E-state index contributed by atoms with van der Waals surface area (Å²) in [6, 6.07) is 11.5. The maximum atomic E-state index is 13.1. The van der Waals surface area contributed by atoms with E-state index in [0.29, 0.717) is 16.5 Å². The van der Waals surface area contributed by atoms with Gasteiger partial charge in [-0.25, -0.2) is 13.2 Å². The second kappa shape index (κ2) is 9.09. The minimum absolute atomic E-state index is 0.0730. The van der Waals surface area contributed by atoms with Gasteiger partial charge in [-0.2, -0.15) is 4.31 Å². The number of carbonyl (C=O) groups is 1.